The summed E-state index contributed by atoms with van der Waals surface area (Å²) in [5.74, 6) is 0.374. The lowest BCUT2D eigenvalue weighted by molar-refractivity contribution is 0.185. The zero-order valence-electron chi connectivity index (χ0n) is 14.5. The standard InChI is InChI=1S/C17H24N4OS.HI/c1-17(2,3)15-20-13(11-23-15)9-19-16(18)21-14-8-6-5-7-12(14)10-22-4;/h5-8,11H,9-10H2,1-4H3,(H3,18,19,21);1H. The van der Waals surface area contributed by atoms with Gasteiger partial charge < -0.3 is 15.8 Å². The van der Waals surface area contributed by atoms with Crippen LogP contribution in [0.5, 0.6) is 0 Å². The maximum atomic E-state index is 5.98. The largest absolute Gasteiger partial charge is 0.380 e. The molecule has 7 heteroatoms. The predicted molar refractivity (Wildman–Crippen MR) is 112 cm³/mol. The molecule has 0 radical (unpaired) electrons. The van der Waals surface area contributed by atoms with Gasteiger partial charge in [-0.3, -0.25) is 0 Å². The summed E-state index contributed by atoms with van der Waals surface area (Å²) < 4.78 is 5.18. The molecule has 0 aliphatic carbocycles. The van der Waals surface area contributed by atoms with Crippen molar-refractivity contribution >= 4 is 47.0 Å². The first kappa shape index (κ1) is 20.9. The van der Waals surface area contributed by atoms with Crippen LogP contribution in [0, 0.1) is 0 Å². The molecular formula is C17H25IN4OS. The Kier molecular flexibility index (Phi) is 8.11. The number of aliphatic imine (C=N–C) groups is 1. The predicted octanol–water partition coefficient (Wildman–Crippen LogP) is 4.13. The number of para-hydroxylation sites is 1. The van der Waals surface area contributed by atoms with E-state index in [0.717, 1.165) is 22.0 Å². The molecule has 0 aliphatic rings. The van der Waals surface area contributed by atoms with Crippen LogP contribution < -0.4 is 11.1 Å². The number of thiazole rings is 1. The Morgan fingerprint density at radius 1 is 1.33 bits per heavy atom. The number of guanidine groups is 1. The summed E-state index contributed by atoms with van der Waals surface area (Å²) in [6.07, 6.45) is 0. The summed E-state index contributed by atoms with van der Waals surface area (Å²) >= 11 is 1.66. The number of nitrogens with one attached hydrogen (secondary N) is 1. The average molecular weight is 460 g/mol. The van der Waals surface area contributed by atoms with Crippen LogP contribution in [0.25, 0.3) is 0 Å². The fourth-order valence-corrected chi connectivity index (χ4v) is 2.89. The Morgan fingerprint density at radius 2 is 2.04 bits per heavy atom. The highest BCUT2D eigenvalue weighted by atomic mass is 127. The number of rotatable bonds is 5. The first-order chi connectivity index (χ1) is 10.9. The smallest absolute Gasteiger partial charge is 0.193 e. The van der Waals surface area contributed by atoms with Gasteiger partial charge in [-0.15, -0.1) is 35.3 Å². The molecule has 0 bridgehead atoms. The van der Waals surface area contributed by atoms with Crippen LogP contribution in [0.3, 0.4) is 0 Å². The zero-order valence-corrected chi connectivity index (χ0v) is 17.6. The quantitative estimate of drug-likeness (QED) is 0.400. The van der Waals surface area contributed by atoms with Gasteiger partial charge in [0.25, 0.3) is 0 Å². The minimum Gasteiger partial charge on any atom is -0.380 e. The van der Waals surface area contributed by atoms with Gasteiger partial charge in [0.05, 0.1) is 23.9 Å². The molecule has 0 amide bonds. The number of ether oxygens (including phenoxy) is 1. The van der Waals surface area contributed by atoms with Gasteiger partial charge in [-0.05, 0) is 6.07 Å². The molecule has 2 aromatic rings. The van der Waals surface area contributed by atoms with Crippen molar-refractivity contribution < 1.29 is 4.74 Å². The number of aromatic nitrogens is 1. The van der Waals surface area contributed by atoms with Crippen LogP contribution in [0.2, 0.25) is 0 Å². The van der Waals surface area contributed by atoms with Gasteiger partial charge in [0.1, 0.15) is 0 Å². The van der Waals surface area contributed by atoms with E-state index in [2.05, 4.69) is 36.1 Å². The minimum absolute atomic E-state index is 0. The average Bonchev–Trinajstić information content (AvgIpc) is 2.96. The van der Waals surface area contributed by atoms with Crippen LogP contribution in [-0.2, 0) is 23.3 Å². The van der Waals surface area contributed by atoms with Gasteiger partial charge >= 0.3 is 0 Å². The van der Waals surface area contributed by atoms with E-state index in [1.54, 1.807) is 18.4 Å². The second kappa shape index (κ2) is 9.33. The van der Waals surface area contributed by atoms with Gasteiger partial charge in [-0.25, -0.2) is 9.98 Å². The Bertz CT molecular complexity index is 679. The number of halogens is 1. The van der Waals surface area contributed by atoms with Crippen molar-refractivity contribution in [2.75, 3.05) is 12.4 Å². The molecule has 1 aromatic heterocycles. The molecule has 1 heterocycles. The zero-order chi connectivity index (χ0) is 16.9. The van der Waals surface area contributed by atoms with Crippen LogP contribution in [0.1, 0.15) is 37.0 Å². The lowest BCUT2D eigenvalue weighted by Gasteiger charge is -2.13. The van der Waals surface area contributed by atoms with Crippen LogP contribution >= 0.6 is 35.3 Å². The van der Waals surface area contributed by atoms with Crippen LogP contribution in [0.15, 0.2) is 34.6 Å². The molecule has 24 heavy (non-hydrogen) atoms. The Labute approximate surface area is 164 Å². The molecule has 0 spiro atoms. The first-order valence-corrected chi connectivity index (χ1v) is 8.37. The summed E-state index contributed by atoms with van der Waals surface area (Å²) in [5.41, 5.74) is 8.94. The number of anilines is 1. The maximum Gasteiger partial charge on any atom is 0.193 e. The lowest BCUT2D eigenvalue weighted by atomic mass is 9.98. The molecule has 132 valence electrons. The molecule has 0 saturated heterocycles. The van der Waals surface area contributed by atoms with Crippen molar-refractivity contribution in [1.29, 1.82) is 0 Å². The Morgan fingerprint density at radius 3 is 2.67 bits per heavy atom. The molecule has 2 rings (SSSR count). The number of hydrogen-bond acceptors (Lipinski definition) is 4. The normalized spacial score (nSPS) is 11.9. The number of nitrogens with zero attached hydrogens (tertiary/aromatic N) is 2. The molecule has 5 nitrogen and oxygen atoms in total. The topological polar surface area (TPSA) is 72.5 Å². The molecule has 1 aromatic carbocycles. The fraction of sp³-hybridized carbons (Fsp3) is 0.412. The van der Waals surface area contributed by atoms with E-state index in [0.29, 0.717) is 19.1 Å². The highest BCUT2D eigenvalue weighted by Crippen LogP contribution is 2.25. The number of hydrogen-bond donors (Lipinski definition) is 2. The van der Waals surface area contributed by atoms with Gasteiger partial charge in [0.15, 0.2) is 5.96 Å². The van der Waals surface area contributed by atoms with Crippen LogP contribution in [-0.4, -0.2) is 18.1 Å². The second-order valence-corrected chi connectivity index (χ2v) is 7.17. The number of methoxy groups -OCH3 is 1. The van der Waals surface area contributed by atoms with E-state index in [1.807, 2.05) is 29.6 Å². The van der Waals surface area contributed by atoms with Gasteiger partial charge in [0, 0.05) is 29.2 Å². The van der Waals surface area contributed by atoms with Crippen molar-refractivity contribution in [2.45, 2.75) is 39.3 Å². The SMILES string of the molecule is COCc1ccccc1NC(N)=NCc1csc(C(C)(C)C)n1.I. The third kappa shape index (κ3) is 6.03. The summed E-state index contributed by atoms with van der Waals surface area (Å²) in [6.45, 7) is 7.46. The Balaban J connectivity index is 0.00000288. The van der Waals surface area contributed by atoms with Crippen molar-refractivity contribution in [3.63, 3.8) is 0 Å². The monoisotopic (exact) mass is 460 g/mol. The highest BCUT2D eigenvalue weighted by Gasteiger charge is 2.17. The van der Waals surface area contributed by atoms with Gasteiger partial charge in [0.2, 0.25) is 0 Å². The van der Waals surface area contributed by atoms with E-state index < -0.39 is 0 Å². The molecule has 0 saturated carbocycles. The number of benzene rings is 1. The van der Waals surface area contributed by atoms with Crippen molar-refractivity contribution in [3.8, 4) is 0 Å². The maximum absolute atomic E-state index is 5.98. The van der Waals surface area contributed by atoms with Gasteiger partial charge in [-0.1, -0.05) is 39.0 Å². The Hall–Kier alpha value is -1.19. The van der Waals surface area contributed by atoms with E-state index in [9.17, 15) is 0 Å². The molecule has 3 N–H and O–H groups in total. The summed E-state index contributed by atoms with van der Waals surface area (Å²) in [5, 5.41) is 6.27. The summed E-state index contributed by atoms with van der Waals surface area (Å²) in [6, 6.07) is 7.87. The molecule has 0 aliphatic heterocycles. The van der Waals surface area contributed by atoms with Gasteiger partial charge in [-0.2, -0.15) is 0 Å². The summed E-state index contributed by atoms with van der Waals surface area (Å²) in [7, 11) is 1.67. The van der Waals surface area contributed by atoms with E-state index in [4.69, 9.17) is 10.5 Å². The first-order valence-electron chi connectivity index (χ1n) is 7.49. The lowest BCUT2D eigenvalue weighted by Crippen LogP contribution is -2.23. The van der Waals surface area contributed by atoms with Crippen molar-refractivity contribution in [1.82, 2.24) is 4.98 Å². The van der Waals surface area contributed by atoms with Crippen LogP contribution in [0.4, 0.5) is 5.69 Å². The van der Waals surface area contributed by atoms with E-state index >= 15 is 0 Å². The van der Waals surface area contributed by atoms with E-state index in [-0.39, 0.29) is 29.4 Å². The molecule has 0 unspecified atom stereocenters. The third-order valence-electron chi connectivity index (χ3n) is 3.18. The van der Waals surface area contributed by atoms with Crippen molar-refractivity contribution in [3.05, 3.63) is 45.9 Å². The second-order valence-electron chi connectivity index (χ2n) is 6.31. The van der Waals surface area contributed by atoms with E-state index in [1.165, 1.54) is 0 Å². The van der Waals surface area contributed by atoms with Crippen molar-refractivity contribution in [2.24, 2.45) is 10.7 Å². The third-order valence-corrected chi connectivity index (χ3v) is 4.50. The minimum atomic E-state index is 0. The highest BCUT2D eigenvalue weighted by molar-refractivity contribution is 14.0. The summed E-state index contributed by atoms with van der Waals surface area (Å²) in [4.78, 5) is 8.99. The molecular weight excluding hydrogens is 435 g/mol. The molecule has 0 atom stereocenters. The fourth-order valence-electron chi connectivity index (χ4n) is 1.99. The number of nitrogens with two attached hydrogens (primary N) is 1. The molecule has 0 fully saturated rings.